The van der Waals surface area contributed by atoms with E-state index in [4.69, 9.17) is 4.42 Å². The number of halogens is 1. The van der Waals surface area contributed by atoms with E-state index in [0.717, 1.165) is 4.47 Å². The zero-order valence-electron chi connectivity index (χ0n) is 9.54. The van der Waals surface area contributed by atoms with Gasteiger partial charge in [-0.3, -0.25) is 10.1 Å². The van der Waals surface area contributed by atoms with Gasteiger partial charge in [0.05, 0.1) is 4.92 Å². The number of hydrogen-bond acceptors (Lipinski definition) is 4. The molecule has 0 saturated carbocycles. The van der Waals surface area contributed by atoms with E-state index < -0.39 is 4.92 Å². The fraction of sp³-hybridized carbons (Fsp3) is 0. The van der Waals surface area contributed by atoms with E-state index in [1.807, 2.05) is 6.07 Å². The van der Waals surface area contributed by atoms with Crippen LogP contribution in [-0.2, 0) is 0 Å². The van der Waals surface area contributed by atoms with E-state index >= 15 is 0 Å². The van der Waals surface area contributed by atoms with Crippen molar-refractivity contribution in [2.75, 3.05) is 0 Å². The molecule has 0 atom stereocenters. The van der Waals surface area contributed by atoms with E-state index in [0.29, 0.717) is 16.7 Å². The Hall–Kier alpha value is -2.21. The maximum absolute atomic E-state index is 11.0. The van der Waals surface area contributed by atoms with Crippen LogP contribution in [0.5, 0.6) is 0 Å². The van der Waals surface area contributed by atoms with Crippen molar-refractivity contribution in [1.29, 1.82) is 0 Å². The lowest BCUT2D eigenvalue weighted by Gasteiger charge is -1.96. The number of oxazole rings is 1. The number of fused-ring (bicyclic) bond motifs is 1. The normalized spacial score (nSPS) is 10.8. The highest BCUT2D eigenvalue weighted by Gasteiger charge is 2.19. The van der Waals surface area contributed by atoms with E-state index in [-0.39, 0.29) is 11.6 Å². The van der Waals surface area contributed by atoms with Crippen molar-refractivity contribution in [2.24, 2.45) is 0 Å². The Morgan fingerprint density at radius 3 is 2.79 bits per heavy atom. The maximum Gasteiger partial charge on any atom is 0.282 e. The van der Waals surface area contributed by atoms with Crippen LogP contribution in [0.2, 0.25) is 0 Å². The second-order valence-electron chi connectivity index (χ2n) is 3.91. The number of hydrogen-bond donors (Lipinski definition) is 0. The molecule has 19 heavy (non-hydrogen) atoms. The Morgan fingerprint density at radius 1 is 1.21 bits per heavy atom. The molecule has 94 valence electrons. The standard InChI is InChI=1S/C13H7BrN2O3/c14-8-5-6-12-10(7-8)15-13(19-12)9-3-1-2-4-11(9)16(17)18/h1-7H. The SMILES string of the molecule is O=[N+]([O-])c1ccccc1-c1nc2cc(Br)ccc2o1. The summed E-state index contributed by atoms with van der Waals surface area (Å²) in [5.41, 5.74) is 1.60. The average molecular weight is 319 g/mol. The minimum Gasteiger partial charge on any atom is -0.436 e. The summed E-state index contributed by atoms with van der Waals surface area (Å²) >= 11 is 3.35. The average Bonchev–Trinajstić information content (AvgIpc) is 2.81. The summed E-state index contributed by atoms with van der Waals surface area (Å²) in [6.45, 7) is 0. The molecule has 0 unspecified atom stereocenters. The third-order valence-electron chi connectivity index (χ3n) is 2.68. The zero-order chi connectivity index (χ0) is 13.4. The van der Waals surface area contributed by atoms with Crippen molar-refractivity contribution in [3.8, 4) is 11.5 Å². The highest BCUT2D eigenvalue weighted by Crippen LogP contribution is 2.31. The fourth-order valence-electron chi connectivity index (χ4n) is 1.83. The van der Waals surface area contributed by atoms with Gasteiger partial charge in [-0.1, -0.05) is 28.1 Å². The molecule has 3 rings (SSSR count). The van der Waals surface area contributed by atoms with Crippen LogP contribution in [0, 0.1) is 10.1 Å². The summed E-state index contributed by atoms with van der Waals surface area (Å²) in [6.07, 6.45) is 0. The summed E-state index contributed by atoms with van der Waals surface area (Å²) in [4.78, 5) is 14.8. The molecule has 0 N–H and O–H groups in total. The van der Waals surface area contributed by atoms with Crippen LogP contribution in [0.4, 0.5) is 5.69 Å². The molecule has 1 aromatic heterocycles. The third kappa shape index (κ3) is 2.10. The minimum absolute atomic E-state index is 0.0203. The third-order valence-corrected chi connectivity index (χ3v) is 3.17. The topological polar surface area (TPSA) is 69.2 Å². The van der Waals surface area contributed by atoms with Crippen LogP contribution in [0.25, 0.3) is 22.6 Å². The molecule has 0 saturated heterocycles. The van der Waals surface area contributed by atoms with Gasteiger partial charge in [-0.15, -0.1) is 0 Å². The van der Waals surface area contributed by atoms with Gasteiger partial charge in [0.1, 0.15) is 11.1 Å². The van der Waals surface area contributed by atoms with Gasteiger partial charge in [-0.2, -0.15) is 0 Å². The molecule has 0 spiro atoms. The number of rotatable bonds is 2. The van der Waals surface area contributed by atoms with Gasteiger partial charge >= 0.3 is 0 Å². The molecule has 0 aliphatic carbocycles. The van der Waals surface area contributed by atoms with Crippen LogP contribution in [0.1, 0.15) is 0 Å². The van der Waals surface area contributed by atoms with Crippen molar-refractivity contribution in [3.05, 3.63) is 57.1 Å². The molecular formula is C13H7BrN2O3. The smallest absolute Gasteiger partial charge is 0.282 e. The first kappa shape index (κ1) is 11.9. The zero-order valence-corrected chi connectivity index (χ0v) is 11.1. The Morgan fingerprint density at radius 2 is 2.00 bits per heavy atom. The summed E-state index contributed by atoms with van der Waals surface area (Å²) < 4.78 is 6.44. The predicted molar refractivity (Wildman–Crippen MR) is 73.8 cm³/mol. The molecule has 1 heterocycles. The summed E-state index contributed by atoms with van der Waals surface area (Å²) in [5, 5.41) is 11.0. The van der Waals surface area contributed by atoms with E-state index in [1.54, 1.807) is 30.3 Å². The van der Waals surface area contributed by atoms with Crippen molar-refractivity contribution in [1.82, 2.24) is 4.98 Å². The molecule has 0 aliphatic rings. The molecule has 0 fully saturated rings. The molecule has 0 amide bonds. The lowest BCUT2D eigenvalue weighted by atomic mass is 10.2. The fourth-order valence-corrected chi connectivity index (χ4v) is 2.18. The van der Waals surface area contributed by atoms with E-state index in [1.165, 1.54) is 6.07 Å². The van der Waals surface area contributed by atoms with Crippen molar-refractivity contribution >= 4 is 32.7 Å². The first-order chi connectivity index (χ1) is 9.15. The second kappa shape index (κ2) is 4.47. The first-order valence-corrected chi connectivity index (χ1v) is 6.24. The van der Waals surface area contributed by atoms with Crippen molar-refractivity contribution < 1.29 is 9.34 Å². The quantitative estimate of drug-likeness (QED) is 0.525. The van der Waals surface area contributed by atoms with Gasteiger partial charge in [0.2, 0.25) is 5.89 Å². The Kier molecular flexibility index (Phi) is 2.79. The lowest BCUT2D eigenvalue weighted by Crippen LogP contribution is -1.91. The van der Waals surface area contributed by atoms with Crippen molar-refractivity contribution in [3.63, 3.8) is 0 Å². The number of para-hydroxylation sites is 1. The van der Waals surface area contributed by atoms with Gasteiger partial charge in [-0.25, -0.2) is 4.98 Å². The highest BCUT2D eigenvalue weighted by molar-refractivity contribution is 9.10. The van der Waals surface area contributed by atoms with Gasteiger partial charge < -0.3 is 4.42 Å². The predicted octanol–water partition coefficient (Wildman–Crippen LogP) is 4.17. The first-order valence-electron chi connectivity index (χ1n) is 5.45. The van der Waals surface area contributed by atoms with Gasteiger partial charge in [0.25, 0.3) is 5.69 Å². The molecule has 0 aliphatic heterocycles. The maximum atomic E-state index is 11.0. The molecule has 5 nitrogen and oxygen atoms in total. The van der Waals surface area contributed by atoms with Gasteiger partial charge in [0.15, 0.2) is 5.58 Å². The summed E-state index contributed by atoms with van der Waals surface area (Å²) in [6, 6.07) is 11.8. The molecule has 3 aromatic rings. The van der Waals surface area contributed by atoms with Crippen LogP contribution >= 0.6 is 15.9 Å². The number of nitrogens with zero attached hydrogens (tertiary/aromatic N) is 2. The molecule has 2 aromatic carbocycles. The highest BCUT2D eigenvalue weighted by atomic mass is 79.9. The molecule has 6 heteroatoms. The molecule has 0 bridgehead atoms. The monoisotopic (exact) mass is 318 g/mol. The number of nitro groups is 1. The van der Waals surface area contributed by atoms with Crippen LogP contribution in [0.3, 0.4) is 0 Å². The van der Waals surface area contributed by atoms with Crippen LogP contribution < -0.4 is 0 Å². The number of aromatic nitrogens is 1. The van der Waals surface area contributed by atoms with Gasteiger partial charge in [-0.05, 0) is 24.3 Å². The summed E-state index contributed by atoms with van der Waals surface area (Å²) in [5.74, 6) is 0.250. The van der Waals surface area contributed by atoms with E-state index in [2.05, 4.69) is 20.9 Å². The molecular weight excluding hydrogens is 312 g/mol. The van der Waals surface area contributed by atoms with Crippen LogP contribution in [-0.4, -0.2) is 9.91 Å². The Balaban J connectivity index is 2.22. The Bertz CT molecular complexity index is 782. The minimum atomic E-state index is -0.444. The summed E-state index contributed by atoms with van der Waals surface area (Å²) in [7, 11) is 0. The lowest BCUT2D eigenvalue weighted by molar-refractivity contribution is -0.384. The van der Waals surface area contributed by atoms with Gasteiger partial charge in [0, 0.05) is 10.5 Å². The second-order valence-corrected chi connectivity index (χ2v) is 4.82. The number of nitro benzene ring substituents is 1. The van der Waals surface area contributed by atoms with Crippen LogP contribution in [0.15, 0.2) is 51.4 Å². The molecule has 0 radical (unpaired) electrons. The largest absolute Gasteiger partial charge is 0.436 e. The number of benzene rings is 2. The van der Waals surface area contributed by atoms with E-state index in [9.17, 15) is 10.1 Å². The van der Waals surface area contributed by atoms with Crippen molar-refractivity contribution in [2.45, 2.75) is 0 Å². The Labute approximate surface area is 116 Å².